The molecule has 0 N–H and O–H groups in total. The van der Waals surface area contributed by atoms with Crippen LogP contribution in [0.3, 0.4) is 0 Å². The van der Waals surface area contributed by atoms with Gasteiger partial charge in [0.25, 0.3) is 11.5 Å². The highest BCUT2D eigenvalue weighted by Crippen LogP contribution is 2.31. The smallest absolute Gasteiger partial charge is 0.264 e. The van der Waals surface area contributed by atoms with Crippen LogP contribution in [0.5, 0.6) is 0 Å². The molecule has 2 aromatic heterocycles. The van der Waals surface area contributed by atoms with Crippen molar-refractivity contribution < 1.29 is 4.79 Å². The predicted molar refractivity (Wildman–Crippen MR) is 104 cm³/mol. The number of carbonyl (C=O) groups is 1. The molecule has 5 nitrogen and oxygen atoms in total. The summed E-state index contributed by atoms with van der Waals surface area (Å²) in [7, 11) is 1.81. The molecule has 0 radical (unpaired) electrons. The SMILES string of the molecule is Cc1c(C(=O)N(C)[C@H](C)c2ccccc2)sc2nc3n(c(=O)c12)CCC3. The first-order valence-electron chi connectivity index (χ1n) is 8.84. The molecule has 0 aliphatic carbocycles. The number of hydrogen-bond acceptors (Lipinski definition) is 4. The van der Waals surface area contributed by atoms with E-state index in [0.29, 0.717) is 15.1 Å². The van der Waals surface area contributed by atoms with Gasteiger partial charge >= 0.3 is 0 Å². The van der Waals surface area contributed by atoms with Crippen LogP contribution in [0.4, 0.5) is 0 Å². The van der Waals surface area contributed by atoms with E-state index < -0.39 is 0 Å². The molecular weight excluding hydrogens is 346 g/mol. The maximum absolute atomic E-state index is 13.1. The lowest BCUT2D eigenvalue weighted by Gasteiger charge is -2.25. The molecule has 134 valence electrons. The fourth-order valence-corrected chi connectivity index (χ4v) is 4.74. The number of fused-ring (bicyclic) bond motifs is 2. The molecular formula is C20H21N3O2S. The summed E-state index contributed by atoms with van der Waals surface area (Å²) in [6, 6.07) is 9.90. The second kappa shape index (κ2) is 6.36. The molecule has 1 aromatic carbocycles. The van der Waals surface area contributed by atoms with Crippen LogP contribution >= 0.6 is 11.3 Å². The van der Waals surface area contributed by atoms with Gasteiger partial charge < -0.3 is 4.90 Å². The second-order valence-corrected chi connectivity index (χ2v) is 7.83. The number of thiophene rings is 1. The van der Waals surface area contributed by atoms with Crippen molar-refractivity contribution in [3.8, 4) is 0 Å². The highest BCUT2D eigenvalue weighted by Gasteiger charge is 2.26. The number of aromatic nitrogens is 2. The maximum atomic E-state index is 13.1. The van der Waals surface area contributed by atoms with E-state index in [1.54, 1.807) is 9.47 Å². The van der Waals surface area contributed by atoms with Crippen molar-refractivity contribution in [3.05, 3.63) is 62.5 Å². The van der Waals surface area contributed by atoms with E-state index in [9.17, 15) is 9.59 Å². The fourth-order valence-electron chi connectivity index (χ4n) is 3.57. The third-order valence-corrected chi connectivity index (χ3v) is 6.46. The van der Waals surface area contributed by atoms with Gasteiger partial charge in [-0.2, -0.15) is 0 Å². The van der Waals surface area contributed by atoms with Crippen molar-refractivity contribution in [2.24, 2.45) is 0 Å². The summed E-state index contributed by atoms with van der Waals surface area (Å²) in [5, 5.41) is 0.602. The maximum Gasteiger partial charge on any atom is 0.264 e. The van der Waals surface area contributed by atoms with Crippen molar-refractivity contribution in [1.29, 1.82) is 0 Å². The van der Waals surface area contributed by atoms with E-state index in [2.05, 4.69) is 4.98 Å². The number of rotatable bonds is 3. The summed E-state index contributed by atoms with van der Waals surface area (Å²) in [6.07, 6.45) is 1.79. The summed E-state index contributed by atoms with van der Waals surface area (Å²) in [5.74, 6) is 0.778. The van der Waals surface area contributed by atoms with Gasteiger partial charge in [0, 0.05) is 20.0 Å². The molecule has 26 heavy (non-hydrogen) atoms. The molecule has 4 rings (SSSR count). The first kappa shape index (κ1) is 17.0. The van der Waals surface area contributed by atoms with Crippen molar-refractivity contribution in [3.63, 3.8) is 0 Å². The van der Waals surface area contributed by atoms with Gasteiger partial charge in [-0.1, -0.05) is 30.3 Å². The van der Waals surface area contributed by atoms with Crippen molar-refractivity contribution >= 4 is 27.5 Å². The van der Waals surface area contributed by atoms with Gasteiger partial charge in [-0.15, -0.1) is 11.3 Å². The summed E-state index contributed by atoms with van der Waals surface area (Å²) in [6.45, 7) is 4.59. The lowest BCUT2D eigenvalue weighted by molar-refractivity contribution is 0.0747. The minimum absolute atomic E-state index is 0.00550. The zero-order valence-corrected chi connectivity index (χ0v) is 16.0. The third-order valence-electron chi connectivity index (χ3n) is 5.29. The molecule has 0 bridgehead atoms. The van der Waals surface area contributed by atoms with Crippen molar-refractivity contribution in [2.45, 2.75) is 39.3 Å². The molecule has 6 heteroatoms. The normalized spacial score (nSPS) is 14.4. The minimum atomic E-state index is -0.0635. The van der Waals surface area contributed by atoms with Crippen LogP contribution in [-0.2, 0) is 13.0 Å². The van der Waals surface area contributed by atoms with E-state index in [4.69, 9.17) is 0 Å². The Morgan fingerprint density at radius 1 is 1.31 bits per heavy atom. The second-order valence-electron chi connectivity index (χ2n) is 6.83. The highest BCUT2D eigenvalue weighted by atomic mass is 32.1. The Labute approximate surface area is 155 Å². The monoisotopic (exact) mass is 367 g/mol. The van der Waals surface area contributed by atoms with Crippen molar-refractivity contribution in [2.75, 3.05) is 7.05 Å². The van der Waals surface area contributed by atoms with E-state index in [-0.39, 0.29) is 17.5 Å². The van der Waals surface area contributed by atoms with Crippen LogP contribution in [0.25, 0.3) is 10.2 Å². The Morgan fingerprint density at radius 2 is 2.04 bits per heavy atom. The Hall–Kier alpha value is -2.47. The minimum Gasteiger partial charge on any atom is -0.334 e. The Morgan fingerprint density at radius 3 is 2.77 bits per heavy atom. The summed E-state index contributed by atoms with van der Waals surface area (Å²) >= 11 is 1.34. The van der Waals surface area contributed by atoms with Crippen molar-refractivity contribution in [1.82, 2.24) is 14.5 Å². The van der Waals surface area contributed by atoms with Crippen LogP contribution in [0.2, 0.25) is 0 Å². The molecule has 3 aromatic rings. The molecule has 0 saturated heterocycles. The number of amides is 1. The zero-order chi connectivity index (χ0) is 18.4. The van der Waals surface area contributed by atoms with E-state index in [1.807, 2.05) is 51.2 Å². The fraction of sp³-hybridized carbons (Fsp3) is 0.350. The van der Waals surface area contributed by atoms with Gasteiger partial charge in [0.15, 0.2) is 0 Å². The van der Waals surface area contributed by atoms with Crippen LogP contribution in [0.1, 0.15) is 46.0 Å². The lowest BCUT2D eigenvalue weighted by atomic mass is 10.1. The van der Waals surface area contributed by atoms with Gasteiger partial charge in [-0.25, -0.2) is 4.98 Å². The van der Waals surface area contributed by atoms with Crippen LogP contribution < -0.4 is 5.56 Å². The first-order valence-corrected chi connectivity index (χ1v) is 9.65. The van der Waals surface area contributed by atoms with E-state index in [0.717, 1.165) is 36.3 Å². The molecule has 3 heterocycles. The highest BCUT2D eigenvalue weighted by molar-refractivity contribution is 7.20. The number of nitrogens with zero attached hydrogens (tertiary/aromatic N) is 3. The lowest BCUT2D eigenvalue weighted by Crippen LogP contribution is -2.29. The van der Waals surface area contributed by atoms with Crippen LogP contribution in [0.15, 0.2) is 35.1 Å². The van der Waals surface area contributed by atoms with Gasteiger partial charge in [0.1, 0.15) is 10.7 Å². The Balaban J connectivity index is 1.75. The molecule has 0 fully saturated rings. The average molecular weight is 367 g/mol. The van der Waals surface area contributed by atoms with Gasteiger partial charge in [-0.05, 0) is 31.4 Å². The Bertz CT molecular complexity index is 1050. The molecule has 1 aliphatic heterocycles. The number of aryl methyl sites for hydroxylation is 2. The number of carbonyl (C=O) groups excluding carboxylic acids is 1. The average Bonchev–Trinajstić information content (AvgIpc) is 3.26. The van der Waals surface area contributed by atoms with Crippen LogP contribution in [-0.4, -0.2) is 27.4 Å². The topological polar surface area (TPSA) is 55.2 Å². The summed E-state index contributed by atoms with van der Waals surface area (Å²) in [4.78, 5) is 33.6. The third kappa shape index (κ3) is 2.56. The first-order chi connectivity index (χ1) is 12.5. The van der Waals surface area contributed by atoms with E-state index >= 15 is 0 Å². The quantitative estimate of drug-likeness (QED) is 0.711. The molecule has 1 atom stereocenters. The molecule has 0 saturated carbocycles. The standard InChI is InChI=1S/C20H21N3O2S/c1-12-16-18(21-15-10-7-11-23(15)19(16)24)26-17(12)20(25)22(3)13(2)14-8-5-4-6-9-14/h4-6,8-9,13H,7,10-11H2,1-3H3/t13-/m1/s1. The Kier molecular flexibility index (Phi) is 4.15. The summed E-state index contributed by atoms with van der Waals surface area (Å²) < 4.78 is 1.76. The largest absolute Gasteiger partial charge is 0.334 e. The van der Waals surface area contributed by atoms with E-state index in [1.165, 1.54) is 11.3 Å². The molecule has 0 unspecified atom stereocenters. The number of hydrogen-bond donors (Lipinski definition) is 0. The zero-order valence-electron chi connectivity index (χ0n) is 15.2. The van der Waals surface area contributed by atoms with Gasteiger partial charge in [0.2, 0.25) is 0 Å². The molecule has 1 aliphatic rings. The summed E-state index contributed by atoms with van der Waals surface area (Å²) in [5.41, 5.74) is 1.83. The number of benzene rings is 1. The molecule has 0 spiro atoms. The predicted octanol–water partition coefficient (Wildman–Crippen LogP) is 3.55. The van der Waals surface area contributed by atoms with Gasteiger partial charge in [-0.3, -0.25) is 14.2 Å². The van der Waals surface area contributed by atoms with Gasteiger partial charge in [0.05, 0.1) is 16.3 Å². The van der Waals surface area contributed by atoms with Crippen LogP contribution in [0, 0.1) is 6.92 Å². The molecule has 1 amide bonds.